The summed E-state index contributed by atoms with van der Waals surface area (Å²) in [5.74, 6) is -0.408. The number of carbonyl (C=O) groups excluding carboxylic acids is 2. The van der Waals surface area contributed by atoms with Gasteiger partial charge in [-0.3, -0.25) is 9.59 Å². The molecule has 0 bridgehead atoms. The van der Waals surface area contributed by atoms with Crippen LogP contribution in [0.4, 0.5) is 5.69 Å². The molecule has 0 spiro atoms. The first-order chi connectivity index (χ1) is 16.4. The molecule has 34 heavy (non-hydrogen) atoms. The molecule has 0 aromatic heterocycles. The number of para-hydroxylation sites is 1. The molecule has 0 saturated carbocycles. The summed E-state index contributed by atoms with van der Waals surface area (Å²) in [6, 6.07) is 18.0. The molecular formula is C25H22BrCl2N3O3. The van der Waals surface area contributed by atoms with Gasteiger partial charge in [0.05, 0.1) is 6.21 Å². The molecule has 6 nitrogen and oxygen atoms in total. The number of nitrogens with one attached hydrogen (secondary N) is 2. The summed E-state index contributed by atoms with van der Waals surface area (Å²) in [5.41, 5.74) is 5.47. The van der Waals surface area contributed by atoms with Gasteiger partial charge < -0.3 is 10.1 Å². The summed E-state index contributed by atoms with van der Waals surface area (Å²) >= 11 is 15.6. The predicted molar refractivity (Wildman–Crippen MR) is 140 cm³/mol. The van der Waals surface area contributed by atoms with Gasteiger partial charge in [0.2, 0.25) is 11.8 Å². The molecule has 2 amide bonds. The standard InChI is InChI=1S/C25H22BrCl2N3O3/c1-2-16-5-3-4-6-22(16)30-24(32)13-25(33)31-29-14-18-11-19(26)8-10-23(18)34-15-17-7-9-20(27)12-21(17)28/h3-12,14H,2,13,15H2,1H3,(H,30,32)(H,31,33). The molecule has 3 aromatic rings. The Morgan fingerprint density at radius 1 is 1.03 bits per heavy atom. The first-order valence-electron chi connectivity index (χ1n) is 10.4. The van der Waals surface area contributed by atoms with Crippen LogP contribution in [0, 0.1) is 0 Å². The van der Waals surface area contributed by atoms with Crippen LogP contribution in [0.15, 0.2) is 70.2 Å². The maximum absolute atomic E-state index is 12.2. The van der Waals surface area contributed by atoms with Crippen LogP contribution in [-0.4, -0.2) is 18.0 Å². The van der Waals surface area contributed by atoms with E-state index in [0.29, 0.717) is 27.0 Å². The van der Waals surface area contributed by atoms with Crippen LogP contribution < -0.4 is 15.5 Å². The molecule has 0 aliphatic carbocycles. The lowest BCUT2D eigenvalue weighted by molar-refractivity contribution is -0.126. The fourth-order valence-corrected chi connectivity index (χ4v) is 3.89. The molecule has 9 heteroatoms. The topological polar surface area (TPSA) is 79.8 Å². The van der Waals surface area contributed by atoms with Crippen molar-refractivity contribution < 1.29 is 14.3 Å². The largest absolute Gasteiger partial charge is 0.488 e. The number of ether oxygens (including phenoxy) is 1. The van der Waals surface area contributed by atoms with Crippen LogP contribution in [0.25, 0.3) is 0 Å². The van der Waals surface area contributed by atoms with Gasteiger partial charge in [0.15, 0.2) is 0 Å². The quantitative estimate of drug-likeness (QED) is 0.180. The molecule has 0 atom stereocenters. The molecule has 3 rings (SSSR count). The van der Waals surface area contributed by atoms with Crippen molar-refractivity contribution in [2.75, 3.05) is 5.32 Å². The van der Waals surface area contributed by atoms with E-state index < -0.39 is 11.8 Å². The Bertz CT molecular complexity index is 1220. The number of hydrogen-bond acceptors (Lipinski definition) is 4. The zero-order valence-corrected chi connectivity index (χ0v) is 21.4. The number of nitrogens with zero attached hydrogens (tertiary/aromatic N) is 1. The van der Waals surface area contributed by atoms with Crippen LogP contribution in [-0.2, 0) is 22.6 Å². The molecule has 0 fully saturated rings. The third-order valence-electron chi connectivity index (χ3n) is 4.76. The number of benzene rings is 3. The van der Waals surface area contributed by atoms with E-state index in [1.807, 2.05) is 31.2 Å². The van der Waals surface area contributed by atoms with E-state index in [0.717, 1.165) is 22.0 Å². The first-order valence-corrected chi connectivity index (χ1v) is 12.0. The second-order valence-electron chi connectivity index (χ2n) is 7.24. The molecule has 0 heterocycles. The van der Waals surface area contributed by atoms with E-state index in [1.165, 1.54) is 6.21 Å². The van der Waals surface area contributed by atoms with Gasteiger partial charge in [-0.15, -0.1) is 0 Å². The fraction of sp³-hybridized carbons (Fsp3) is 0.160. The Morgan fingerprint density at radius 3 is 2.59 bits per heavy atom. The second kappa shape index (κ2) is 12.6. The van der Waals surface area contributed by atoms with E-state index in [9.17, 15) is 9.59 Å². The Hall–Kier alpha value is -2.87. The molecular weight excluding hydrogens is 541 g/mol. The molecule has 0 radical (unpaired) electrons. The van der Waals surface area contributed by atoms with Crippen molar-refractivity contribution in [1.82, 2.24) is 5.43 Å². The van der Waals surface area contributed by atoms with Gasteiger partial charge in [0, 0.05) is 31.3 Å². The van der Waals surface area contributed by atoms with E-state index >= 15 is 0 Å². The van der Waals surface area contributed by atoms with Gasteiger partial charge >= 0.3 is 0 Å². The van der Waals surface area contributed by atoms with E-state index in [4.69, 9.17) is 27.9 Å². The van der Waals surface area contributed by atoms with E-state index in [-0.39, 0.29) is 13.0 Å². The van der Waals surface area contributed by atoms with Crippen molar-refractivity contribution in [3.8, 4) is 5.75 Å². The Kier molecular flexibility index (Phi) is 9.51. The number of amides is 2. The Morgan fingerprint density at radius 2 is 1.82 bits per heavy atom. The van der Waals surface area contributed by atoms with Gasteiger partial charge in [-0.2, -0.15) is 5.10 Å². The van der Waals surface area contributed by atoms with E-state index in [2.05, 4.69) is 31.8 Å². The number of hydrazone groups is 1. The lowest BCUT2D eigenvalue weighted by Crippen LogP contribution is -2.25. The highest BCUT2D eigenvalue weighted by Gasteiger charge is 2.11. The lowest BCUT2D eigenvalue weighted by atomic mass is 10.1. The highest BCUT2D eigenvalue weighted by Crippen LogP contribution is 2.26. The summed E-state index contributed by atoms with van der Waals surface area (Å²) in [7, 11) is 0. The van der Waals surface area contributed by atoms with E-state index in [1.54, 1.807) is 36.4 Å². The summed E-state index contributed by atoms with van der Waals surface area (Å²) in [4.78, 5) is 24.4. The minimum atomic E-state index is -0.534. The smallest absolute Gasteiger partial charge is 0.249 e. The number of rotatable bonds is 9. The second-order valence-corrected chi connectivity index (χ2v) is 8.99. The van der Waals surface area contributed by atoms with Crippen LogP contribution >= 0.6 is 39.1 Å². The predicted octanol–water partition coefficient (Wildman–Crippen LogP) is 6.38. The SMILES string of the molecule is CCc1ccccc1NC(=O)CC(=O)NN=Cc1cc(Br)ccc1OCc1ccc(Cl)cc1Cl. The number of aryl methyl sites for hydroxylation is 1. The molecule has 0 aliphatic rings. The zero-order chi connectivity index (χ0) is 24.5. The average Bonchev–Trinajstić information content (AvgIpc) is 2.79. The third kappa shape index (κ3) is 7.58. The summed E-state index contributed by atoms with van der Waals surface area (Å²) < 4.78 is 6.70. The number of carbonyl (C=O) groups is 2. The van der Waals surface area contributed by atoms with Gasteiger partial charge in [0.25, 0.3) is 0 Å². The Balaban J connectivity index is 1.58. The minimum Gasteiger partial charge on any atom is -0.488 e. The van der Waals surface area contributed by atoms with Gasteiger partial charge in [-0.25, -0.2) is 5.43 Å². The summed E-state index contributed by atoms with van der Waals surface area (Å²) in [5, 5.41) is 7.78. The van der Waals surface area contributed by atoms with Crippen LogP contribution in [0.2, 0.25) is 10.0 Å². The average molecular weight is 563 g/mol. The molecule has 3 aromatic carbocycles. The molecule has 0 aliphatic heterocycles. The normalized spacial score (nSPS) is 10.8. The number of anilines is 1. The van der Waals surface area contributed by atoms with Crippen molar-refractivity contribution in [2.45, 2.75) is 26.4 Å². The molecule has 176 valence electrons. The van der Waals surface area contributed by atoms with Crippen molar-refractivity contribution in [1.29, 1.82) is 0 Å². The monoisotopic (exact) mass is 561 g/mol. The zero-order valence-electron chi connectivity index (χ0n) is 18.3. The highest BCUT2D eigenvalue weighted by molar-refractivity contribution is 9.10. The van der Waals surface area contributed by atoms with Gasteiger partial charge in [0.1, 0.15) is 18.8 Å². The van der Waals surface area contributed by atoms with Crippen molar-refractivity contribution in [2.24, 2.45) is 5.10 Å². The highest BCUT2D eigenvalue weighted by atomic mass is 79.9. The van der Waals surface area contributed by atoms with Crippen molar-refractivity contribution >= 4 is 62.8 Å². The Labute approximate surface area is 216 Å². The van der Waals surface area contributed by atoms with Crippen LogP contribution in [0.1, 0.15) is 30.0 Å². The lowest BCUT2D eigenvalue weighted by Gasteiger charge is -2.11. The van der Waals surface area contributed by atoms with Gasteiger partial charge in [-0.1, -0.05) is 70.3 Å². The number of halogens is 3. The maximum Gasteiger partial charge on any atom is 0.249 e. The molecule has 0 unspecified atom stereocenters. The third-order valence-corrected chi connectivity index (χ3v) is 5.84. The maximum atomic E-state index is 12.2. The summed E-state index contributed by atoms with van der Waals surface area (Å²) in [6.45, 7) is 2.22. The summed E-state index contributed by atoms with van der Waals surface area (Å²) in [6.07, 6.45) is 1.87. The first kappa shape index (κ1) is 25.7. The fourth-order valence-electron chi connectivity index (χ4n) is 3.05. The van der Waals surface area contributed by atoms with Gasteiger partial charge in [-0.05, 0) is 48.4 Å². The van der Waals surface area contributed by atoms with Crippen LogP contribution in [0.3, 0.4) is 0 Å². The van der Waals surface area contributed by atoms with Crippen molar-refractivity contribution in [3.63, 3.8) is 0 Å². The molecule has 2 N–H and O–H groups in total. The molecule has 0 saturated heterocycles. The minimum absolute atomic E-state index is 0.226. The number of hydrogen-bond donors (Lipinski definition) is 2. The van der Waals surface area contributed by atoms with Crippen molar-refractivity contribution in [3.05, 3.63) is 91.9 Å². The van der Waals surface area contributed by atoms with Crippen LogP contribution in [0.5, 0.6) is 5.75 Å².